The standard InChI is InChI=1S/C21H24O3/c1-4-8-16-11-12-18(19(22)14-16)21(23)24-20-10-7-6-9-17(20)13-15(3)5-2/h4,6-7,9-12,14-15,22H,1,5,8,13H2,2-3H3. The van der Waals surface area contributed by atoms with Crippen LogP contribution < -0.4 is 4.74 Å². The summed E-state index contributed by atoms with van der Waals surface area (Å²) in [6.45, 7) is 7.98. The highest BCUT2D eigenvalue weighted by molar-refractivity contribution is 5.94. The van der Waals surface area contributed by atoms with Crippen LogP contribution in [0.2, 0.25) is 0 Å². The number of para-hydroxylation sites is 1. The molecule has 0 saturated carbocycles. The van der Waals surface area contributed by atoms with Gasteiger partial charge in [0, 0.05) is 0 Å². The van der Waals surface area contributed by atoms with E-state index in [1.807, 2.05) is 18.2 Å². The van der Waals surface area contributed by atoms with Gasteiger partial charge in [-0.05, 0) is 48.1 Å². The number of allylic oxidation sites excluding steroid dienone is 1. The molecule has 0 aliphatic rings. The Hall–Kier alpha value is -2.55. The minimum Gasteiger partial charge on any atom is -0.507 e. The van der Waals surface area contributed by atoms with Crippen molar-refractivity contribution in [3.8, 4) is 11.5 Å². The van der Waals surface area contributed by atoms with Crippen LogP contribution in [0.5, 0.6) is 11.5 Å². The Kier molecular flexibility index (Phi) is 6.19. The van der Waals surface area contributed by atoms with Crippen LogP contribution in [0.3, 0.4) is 0 Å². The van der Waals surface area contributed by atoms with Crippen molar-refractivity contribution in [3.05, 3.63) is 71.8 Å². The molecule has 0 heterocycles. The third-order valence-corrected chi connectivity index (χ3v) is 4.10. The van der Waals surface area contributed by atoms with Crippen LogP contribution in [0.4, 0.5) is 0 Å². The largest absolute Gasteiger partial charge is 0.507 e. The molecule has 2 rings (SSSR count). The third-order valence-electron chi connectivity index (χ3n) is 4.10. The molecule has 24 heavy (non-hydrogen) atoms. The van der Waals surface area contributed by atoms with Gasteiger partial charge in [-0.2, -0.15) is 0 Å². The van der Waals surface area contributed by atoms with Gasteiger partial charge in [0.2, 0.25) is 0 Å². The van der Waals surface area contributed by atoms with Crippen molar-refractivity contribution >= 4 is 5.97 Å². The summed E-state index contributed by atoms with van der Waals surface area (Å²) in [6, 6.07) is 12.5. The van der Waals surface area contributed by atoms with Crippen LogP contribution in [0.1, 0.15) is 41.8 Å². The number of esters is 1. The molecule has 2 aromatic carbocycles. The average molecular weight is 324 g/mol. The van der Waals surface area contributed by atoms with Crippen molar-refractivity contribution in [2.24, 2.45) is 5.92 Å². The molecule has 2 aromatic rings. The fourth-order valence-corrected chi connectivity index (χ4v) is 2.49. The maximum Gasteiger partial charge on any atom is 0.347 e. The fourth-order valence-electron chi connectivity index (χ4n) is 2.49. The van der Waals surface area contributed by atoms with Gasteiger partial charge in [0.1, 0.15) is 17.1 Å². The molecular weight excluding hydrogens is 300 g/mol. The van der Waals surface area contributed by atoms with Gasteiger partial charge in [-0.3, -0.25) is 0 Å². The molecule has 0 aromatic heterocycles. The molecule has 0 aliphatic heterocycles. The van der Waals surface area contributed by atoms with Gasteiger partial charge in [-0.1, -0.05) is 50.6 Å². The number of carbonyl (C=O) groups excluding carboxylic acids is 1. The van der Waals surface area contributed by atoms with Gasteiger partial charge in [-0.25, -0.2) is 4.79 Å². The lowest BCUT2D eigenvalue weighted by Crippen LogP contribution is -2.11. The highest BCUT2D eigenvalue weighted by Gasteiger charge is 2.16. The lowest BCUT2D eigenvalue weighted by molar-refractivity contribution is 0.0729. The molecule has 0 amide bonds. The molecule has 0 saturated heterocycles. The molecule has 0 bridgehead atoms. The normalized spacial score (nSPS) is 11.8. The predicted octanol–water partition coefficient (Wildman–Crippen LogP) is 4.93. The Morgan fingerprint density at radius 1 is 1.29 bits per heavy atom. The molecule has 1 unspecified atom stereocenters. The van der Waals surface area contributed by atoms with E-state index in [4.69, 9.17) is 4.74 Å². The predicted molar refractivity (Wildman–Crippen MR) is 96.6 cm³/mol. The summed E-state index contributed by atoms with van der Waals surface area (Å²) in [7, 11) is 0. The number of hydrogen-bond donors (Lipinski definition) is 1. The van der Waals surface area contributed by atoms with Gasteiger partial charge in [0.15, 0.2) is 0 Å². The quantitative estimate of drug-likeness (QED) is 0.446. The Balaban J connectivity index is 2.19. The second-order valence-corrected chi connectivity index (χ2v) is 6.06. The first-order valence-corrected chi connectivity index (χ1v) is 8.28. The monoisotopic (exact) mass is 324 g/mol. The number of ether oxygens (including phenoxy) is 1. The lowest BCUT2D eigenvalue weighted by Gasteiger charge is -2.13. The zero-order chi connectivity index (χ0) is 17.5. The first-order chi connectivity index (χ1) is 11.5. The number of phenols is 1. The van der Waals surface area contributed by atoms with Crippen molar-refractivity contribution in [2.75, 3.05) is 0 Å². The zero-order valence-corrected chi connectivity index (χ0v) is 14.3. The van der Waals surface area contributed by atoms with Gasteiger partial charge in [0.05, 0.1) is 0 Å². The molecule has 3 heteroatoms. The number of benzene rings is 2. The van der Waals surface area contributed by atoms with Crippen LogP contribution in [0, 0.1) is 5.92 Å². The van der Waals surface area contributed by atoms with Crippen molar-refractivity contribution in [3.63, 3.8) is 0 Å². The Bertz CT molecular complexity index is 719. The molecule has 0 fully saturated rings. The molecule has 1 N–H and O–H groups in total. The van der Waals surface area contributed by atoms with Gasteiger partial charge in [0.25, 0.3) is 0 Å². The van der Waals surface area contributed by atoms with E-state index in [9.17, 15) is 9.90 Å². The second-order valence-electron chi connectivity index (χ2n) is 6.06. The molecular formula is C21H24O3. The highest BCUT2D eigenvalue weighted by Crippen LogP contribution is 2.26. The molecule has 0 radical (unpaired) electrons. The SMILES string of the molecule is C=CCc1ccc(C(=O)Oc2ccccc2CC(C)CC)c(O)c1. The number of rotatable bonds is 7. The molecule has 3 nitrogen and oxygen atoms in total. The van der Waals surface area contributed by atoms with E-state index in [1.165, 1.54) is 0 Å². The van der Waals surface area contributed by atoms with Crippen molar-refractivity contribution < 1.29 is 14.6 Å². The third kappa shape index (κ3) is 4.48. The molecule has 0 aliphatic carbocycles. The molecule has 126 valence electrons. The van der Waals surface area contributed by atoms with Gasteiger partial charge >= 0.3 is 5.97 Å². The van der Waals surface area contributed by atoms with E-state index in [0.717, 1.165) is 24.0 Å². The van der Waals surface area contributed by atoms with Crippen molar-refractivity contribution in [1.29, 1.82) is 0 Å². The van der Waals surface area contributed by atoms with E-state index >= 15 is 0 Å². The van der Waals surface area contributed by atoms with Crippen molar-refractivity contribution in [2.45, 2.75) is 33.1 Å². The van der Waals surface area contributed by atoms with Gasteiger partial charge in [-0.15, -0.1) is 6.58 Å². The van der Waals surface area contributed by atoms with E-state index in [1.54, 1.807) is 30.3 Å². The zero-order valence-electron chi connectivity index (χ0n) is 14.3. The summed E-state index contributed by atoms with van der Waals surface area (Å²) in [4.78, 5) is 12.4. The number of aromatic hydroxyl groups is 1. The maximum atomic E-state index is 12.4. The Morgan fingerprint density at radius 2 is 2.04 bits per heavy atom. The first kappa shape index (κ1) is 17.8. The van der Waals surface area contributed by atoms with E-state index in [0.29, 0.717) is 18.1 Å². The number of hydrogen-bond acceptors (Lipinski definition) is 3. The highest BCUT2D eigenvalue weighted by atomic mass is 16.5. The first-order valence-electron chi connectivity index (χ1n) is 8.28. The van der Waals surface area contributed by atoms with Crippen LogP contribution in [0.15, 0.2) is 55.1 Å². The van der Waals surface area contributed by atoms with E-state index in [-0.39, 0.29) is 11.3 Å². The Morgan fingerprint density at radius 3 is 2.71 bits per heavy atom. The van der Waals surface area contributed by atoms with Crippen molar-refractivity contribution in [1.82, 2.24) is 0 Å². The average Bonchev–Trinajstić information content (AvgIpc) is 2.56. The number of carbonyl (C=O) groups is 1. The molecule has 1 atom stereocenters. The summed E-state index contributed by atoms with van der Waals surface area (Å²) in [5, 5.41) is 10.1. The summed E-state index contributed by atoms with van der Waals surface area (Å²) in [5.74, 6) is 0.446. The van der Waals surface area contributed by atoms with Crippen LogP contribution >= 0.6 is 0 Å². The second kappa shape index (κ2) is 8.34. The smallest absolute Gasteiger partial charge is 0.347 e. The van der Waals surface area contributed by atoms with E-state index in [2.05, 4.69) is 20.4 Å². The summed E-state index contributed by atoms with van der Waals surface area (Å²) in [6.07, 6.45) is 4.30. The van der Waals surface area contributed by atoms with E-state index < -0.39 is 5.97 Å². The lowest BCUT2D eigenvalue weighted by atomic mass is 9.98. The fraction of sp³-hybridized carbons (Fsp3) is 0.286. The summed E-state index contributed by atoms with van der Waals surface area (Å²) >= 11 is 0. The minimum atomic E-state index is -0.547. The summed E-state index contributed by atoms with van der Waals surface area (Å²) in [5.41, 5.74) is 2.07. The topological polar surface area (TPSA) is 46.5 Å². The number of phenolic OH excluding ortho intramolecular Hbond substituents is 1. The van der Waals surface area contributed by atoms with Crippen LogP contribution in [-0.4, -0.2) is 11.1 Å². The maximum absolute atomic E-state index is 12.4. The molecule has 0 spiro atoms. The summed E-state index contributed by atoms with van der Waals surface area (Å²) < 4.78 is 5.54. The minimum absolute atomic E-state index is 0.0706. The van der Waals surface area contributed by atoms with Crippen LogP contribution in [0.25, 0.3) is 0 Å². The van der Waals surface area contributed by atoms with Gasteiger partial charge < -0.3 is 9.84 Å². The van der Waals surface area contributed by atoms with Crippen LogP contribution in [-0.2, 0) is 12.8 Å². The Labute approximate surface area is 143 Å².